The van der Waals surface area contributed by atoms with Crippen molar-refractivity contribution in [1.82, 2.24) is 0 Å². The lowest BCUT2D eigenvalue weighted by molar-refractivity contribution is 0.0991. The van der Waals surface area contributed by atoms with Crippen LogP contribution in [0.4, 0.5) is 0 Å². The summed E-state index contributed by atoms with van der Waals surface area (Å²) in [6.45, 7) is 1.45. The Kier molecular flexibility index (Phi) is 4.63. The quantitative estimate of drug-likeness (QED) is 0.800. The van der Waals surface area contributed by atoms with Crippen molar-refractivity contribution < 1.29 is 13.2 Å². The van der Waals surface area contributed by atoms with Crippen molar-refractivity contribution in [3.63, 3.8) is 0 Å². The zero-order valence-electron chi connectivity index (χ0n) is 12.1. The fourth-order valence-electron chi connectivity index (χ4n) is 2.78. The summed E-state index contributed by atoms with van der Waals surface area (Å²) in [6, 6.07) is 7.51. The van der Waals surface area contributed by atoms with Gasteiger partial charge in [0.2, 0.25) is 0 Å². The van der Waals surface area contributed by atoms with Crippen LogP contribution in [0, 0.1) is 0 Å². The highest BCUT2D eigenvalue weighted by Crippen LogP contribution is 2.32. The third kappa shape index (κ3) is 3.48. The molecule has 0 N–H and O–H groups in total. The molecule has 0 heterocycles. The number of rotatable bonds is 4. The first kappa shape index (κ1) is 15.2. The largest absolute Gasteiger partial charge is 0.293 e. The molecule has 0 radical (unpaired) electrons. The standard InChI is InChI=1S/C16H22O3S/c1-12(20(2,18)19)16(17)15-10-8-14(9-11-15)13-6-4-3-5-7-13/h8-13H,3-7H2,1-2H3. The van der Waals surface area contributed by atoms with Crippen LogP contribution in [0.5, 0.6) is 0 Å². The molecule has 0 amide bonds. The maximum atomic E-state index is 12.1. The van der Waals surface area contributed by atoms with Gasteiger partial charge in [-0.25, -0.2) is 8.42 Å². The zero-order chi connectivity index (χ0) is 14.8. The molecule has 0 bridgehead atoms. The molecule has 1 fully saturated rings. The van der Waals surface area contributed by atoms with Crippen molar-refractivity contribution in [3.05, 3.63) is 35.4 Å². The van der Waals surface area contributed by atoms with Crippen molar-refractivity contribution in [2.75, 3.05) is 6.26 Å². The molecule has 20 heavy (non-hydrogen) atoms. The highest BCUT2D eigenvalue weighted by Gasteiger charge is 2.25. The fraction of sp³-hybridized carbons (Fsp3) is 0.562. The fourth-order valence-corrected chi connectivity index (χ4v) is 3.31. The van der Waals surface area contributed by atoms with Gasteiger partial charge in [-0.3, -0.25) is 4.79 Å². The van der Waals surface area contributed by atoms with E-state index in [2.05, 4.69) is 0 Å². The summed E-state index contributed by atoms with van der Waals surface area (Å²) in [4.78, 5) is 12.1. The van der Waals surface area contributed by atoms with Crippen molar-refractivity contribution in [2.24, 2.45) is 0 Å². The summed E-state index contributed by atoms with van der Waals surface area (Å²) in [6.07, 6.45) is 7.40. The summed E-state index contributed by atoms with van der Waals surface area (Å²) >= 11 is 0. The van der Waals surface area contributed by atoms with E-state index in [0.717, 1.165) is 6.26 Å². The Morgan fingerprint density at radius 2 is 1.65 bits per heavy atom. The lowest BCUT2D eigenvalue weighted by atomic mass is 9.84. The first-order valence-corrected chi connectivity index (χ1v) is 9.18. The van der Waals surface area contributed by atoms with Crippen LogP contribution < -0.4 is 0 Å². The summed E-state index contributed by atoms with van der Waals surface area (Å²) in [5, 5.41) is -0.969. The van der Waals surface area contributed by atoms with Gasteiger partial charge in [-0.2, -0.15) is 0 Å². The molecule has 3 nitrogen and oxygen atoms in total. The zero-order valence-corrected chi connectivity index (χ0v) is 12.9. The normalized spacial score (nSPS) is 18.7. The number of hydrogen-bond acceptors (Lipinski definition) is 3. The van der Waals surface area contributed by atoms with Crippen LogP contribution in [0.1, 0.15) is 60.9 Å². The molecule has 1 aliphatic rings. The van der Waals surface area contributed by atoms with Crippen LogP contribution in [-0.2, 0) is 9.84 Å². The molecular weight excluding hydrogens is 272 g/mol. The molecule has 110 valence electrons. The third-order valence-electron chi connectivity index (χ3n) is 4.28. The lowest BCUT2D eigenvalue weighted by Crippen LogP contribution is -2.26. The molecule has 1 atom stereocenters. The molecule has 1 aromatic carbocycles. The Bertz CT molecular complexity index is 566. The van der Waals surface area contributed by atoms with Gasteiger partial charge in [-0.1, -0.05) is 43.5 Å². The van der Waals surface area contributed by atoms with E-state index >= 15 is 0 Å². The molecule has 1 unspecified atom stereocenters. The molecule has 2 rings (SSSR count). The number of carbonyl (C=O) groups is 1. The van der Waals surface area contributed by atoms with Crippen LogP contribution >= 0.6 is 0 Å². The minimum absolute atomic E-state index is 0.317. The van der Waals surface area contributed by atoms with Gasteiger partial charge in [0.05, 0.1) is 0 Å². The predicted molar refractivity (Wildman–Crippen MR) is 80.9 cm³/mol. The highest BCUT2D eigenvalue weighted by molar-refractivity contribution is 7.92. The van der Waals surface area contributed by atoms with E-state index in [1.807, 2.05) is 12.1 Å². The van der Waals surface area contributed by atoms with Crippen molar-refractivity contribution in [1.29, 1.82) is 0 Å². The molecule has 0 aromatic heterocycles. The summed E-state index contributed by atoms with van der Waals surface area (Å²) in [7, 11) is -3.33. The smallest absolute Gasteiger partial charge is 0.180 e. The van der Waals surface area contributed by atoms with Crippen molar-refractivity contribution >= 4 is 15.6 Å². The van der Waals surface area contributed by atoms with Gasteiger partial charge in [-0.15, -0.1) is 0 Å². The van der Waals surface area contributed by atoms with Crippen LogP contribution in [-0.4, -0.2) is 25.7 Å². The maximum Gasteiger partial charge on any atom is 0.180 e. The third-order valence-corrected chi connectivity index (χ3v) is 5.78. The minimum atomic E-state index is -3.33. The molecule has 1 aliphatic carbocycles. The topological polar surface area (TPSA) is 51.2 Å². The number of carbonyl (C=O) groups excluding carboxylic acids is 1. The highest BCUT2D eigenvalue weighted by atomic mass is 32.2. The van der Waals surface area contributed by atoms with Gasteiger partial charge in [0, 0.05) is 11.8 Å². The number of Topliss-reactive ketones (excluding diaryl/α,β-unsaturated/α-hetero) is 1. The van der Waals surface area contributed by atoms with E-state index in [-0.39, 0.29) is 5.78 Å². The number of ketones is 1. The number of hydrogen-bond donors (Lipinski definition) is 0. The van der Waals surface area contributed by atoms with E-state index in [0.29, 0.717) is 11.5 Å². The SMILES string of the molecule is CC(C(=O)c1ccc(C2CCCCC2)cc1)S(C)(=O)=O. The molecule has 0 aliphatic heterocycles. The summed E-state index contributed by atoms with van der Waals surface area (Å²) < 4.78 is 22.9. The Morgan fingerprint density at radius 3 is 2.15 bits per heavy atom. The molecule has 0 saturated heterocycles. The van der Waals surface area contributed by atoms with Gasteiger partial charge in [0.25, 0.3) is 0 Å². The first-order valence-electron chi connectivity index (χ1n) is 7.22. The van der Waals surface area contributed by atoms with Crippen LogP contribution in [0.3, 0.4) is 0 Å². The average Bonchev–Trinajstić information content (AvgIpc) is 2.46. The van der Waals surface area contributed by atoms with E-state index in [4.69, 9.17) is 0 Å². The first-order chi connectivity index (χ1) is 9.39. The molecule has 4 heteroatoms. The summed E-state index contributed by atoms with van der Waals surface area (Å²) in [5.41, 5.74) is 1.76. The summed E-state index contributed by atoms with van der Waals surface area (Å²) in [5.74, 6) is 0.280. The molecule has 1 aromatic rings. The van der Waals surface area contributed by atoms with Crippen LogP contribution in [0.25, 0.3) is 0 Å². The van der Waals surface area contributed by atoms with E-state index in [1.54, 1.807) is 12.1 Å². The molecular formula is C16H22O3S. The number of benzene rings is 1. The Labute approximate surface area is 121 Å². The van der Waals surface area contributed by atoms with Crippen molar-refractivity contribution in [2.45, 2.75) is 50.2 Å². The number of sulfone groups is 1. The molecule has 0 spiro atoms. The monoisotopic (exact) mass is 294 g/mol. The van der Waals surface area contributed by atoms with Crippen LogP contribution in [0.2, 0.25) is 0 Å². The minimum Gasteiger partial charge on any atom is -0.293 e. The second-order valence-corrected chi connectivity index (χ2v) is 8.16. The van der Waals surface area contributed by atoms with Gasteiger partial charge in [-0.05, 0) is 31.2 Å². The Morgan fingerprint density at radius 1 is 1.10 bits per heavy atom. The lowest BCUT2D eigenvalue weighted by Gasteiger charge is -2.22. The van der Waals surface area contributed by atoms with E-state index in [1.165, 1.54) is 44.6 Å². The van der Waals surface area contributed by atoms with E-state index in [9.17, 15) is 13.2 Å². The molecule has 1 saturated carbocycles. The maximum absolute atomic E-state index is 12.1. The second kappa shape index (κ2) is 6.08. The average molecular weight is 294 g/mol. The Hall–Kier alpha value is -1.16. The van der Waals surface area contributed by atoms with Gasteiger partial charge >= 0.3 is 0 Å². The van der Waals surface area contributed by atoms with Gasteiger partial charge in [0.1, 0.15) is 5.25 Å². The van der Waals surface area contributed by atoms with Gasteiger partial charge in [0.15, 0.2) is 15.6 Å². The second-order valence-electron chi connectivity index (χ2n) is 5.79. The Balaban J connectivity index is 2.13. The van der Waals surface area contributed by atoms with E-state index < -0.39 is 15.1 Å². The van der Waals surface area contributed by atoms with Gasteiger partial charge < -0.3 is 0 Å². The van der Waals surface area contributed by atoms with Crippen molar-refractivity contribution in [3.8, 4) is 0 Å². The predicted octanol–water partition coefficient (Wildman–Crippen LogP) is 3.35. The van der Waals surface area contributed by atoms with Crippen LogP contribution in [0.15, 0.2) is 24.3 Å².